The molecule has 376 valence electrons. The smallest absolute Gasteiger partial charge is 0.411 e. The molecule has 3 amide bonds. The number of carboxylic acids is 1. The Labute approximate surface area is 400 Å². The molecule has 0 radical (unpaired) electrons. The minimum absolute atomic E-state index is 0.000180. The summed E-state index contributed by atoms with van der Waals surface area (Å²) in [6.45, 7) is 6.37. The standard InChI is InChI=1S/C48H62N4O17/c1-28(53)62-26-39-41(65-29(2)54)42(66-30(3)55)43(67-31(4)56)45(69-39)68-38-19-16-33(23-37(38)44(58)51-21-20-50-40(57)27-63-36-12-10-8-7-9-11-13-36)25-64-47(61)52-35-17-14-32(15-18-35)22-34(49)24-48(5,6)46(59)60/h14-19,23,34,36,39,41-43,45H,7-10,12,20-22,24-27,49H2,1-6H3,(H,50,57)(H,51,58)(H,52,61)(H,59,60)/t34?,36?,39-,41-,42+,43-,45-/m1/s1. The van der Waals surface area contributed by atoms with Gasteiger partial charge in [0.1, 0.15) is 37.8 Å². The molecule has 1 heterocycles. The lowest BCUT2D eigenvalue weighted by Gasteiger charge is -2.44. The van der Waals surface area contributed by atoms with Crippen LogP contribution in [0.2, 0.25) is 0 Å². The minimum Gasteiger partial charge on any atom is -0.481 e. The Hall–Kier alpha value is -6.76. The van der Waals surface area contributed by atoms with Gasteiger partial charge in [-0.25, -0.2) is 4.79 Å². The van der Waals surface area contributed by atoms with Crippen molar-refractivity contribution in [3.63, 3.8) is 0 Å². The lowest BCUT2D eigenvalue weighted by atomic mass is 9.84. The normalized spacial score (nSPS) is 20.4. The maximum atomic E-state index is 13.9. The molecule has 0 saturated carbocycles. The maximum Gasteiger partial charge on any atom is 0.411 e. The van der Waals surface area contributed by atoms with Gasteiger partial charge in [-0.05, 0) is 81.3 Å². The summed E-state index contributed by atoms with van der Waals surface area (Å²) in [5.74, 6) is 0.528. The second-order valence-corrected chi connectivity index (χ2v) is 17.1. The van der Waals surface area contributed by atoms with Crippen LogP contribution >= 0.6 is 0 Å². The average molecular weight is 967 g/mol. The maximum absolute atomic E-state index is 13.9. The number of benzene rings is 2. The van der Waals surface area contributed by atoms with Crippen molar-refractivity contribution in [3.8, 4) is 17.6 Å². The predicted molar refractivity (Wildman–Crippen MR) is 243 cm³/mol. The Morgan fingerprint density at radius 3 is 2.13 bits per heavy atom. The van der Waals surface area contributed by atoms with E-state index in [2.05, 4.69) is 27.8 Å². The van der Waals surface area contributed by atoms with Crippen molar-refractivity contribution in [2.75, 3.05) is 31.6 Å². The lowest BCUT2D eigenvalue weighted by Crippen LogP contribution is -2.63. The summed E-state index contributed by atoms with van der Waals surface area (Å²) in [5, 5.41) is 17.4. The first-order chi connectivity index (χ1) is 32.7. The van der Waals surface area contributed by atoms with Crippen LogP contribution in [0.15, 0.2) is 42.5 Å². The molecule has 2 aromatic rings. The van der Waals surface area contributed by atoms with E-state index in [-0.39, 0.29) is 50.1 Å². The van der Waals surface area contributed by atoms with Gasteiger partial charge in [0.15, 0.2) is 12.2 Å². The molecule has 0 spiro atoms. The van der Waals surface area contributed by atoms with Crippen molar-refractivity contribution in [1.29, 1.82) is 0 Å². The van der Waals surface area contributed by atoms with Crippen LogP contribution in [-0.2, 0) is 75.0 Å². The molecule has 1 aliphatic heterocycles. The number of rotatable bonds is 22. The summed E-state index contributed by atoms with van der Waals surface area (Å²) >= 11 is 0. The van der Waals surface area contributed by atoms with Gasteiger partial charge in [0.05, 0.1) is 11.0 Å². The Morgan fingerprint density at radius 2 is 1.46 bits per heavy atom. The van der Waals surface area contributed by atoms with Crippen molar-refractivity contribution in [3.05, 3.63) is 59.2 Å². The Kier molecular flexibility index (Phi) is 21.2. The van der Waals surface area contributed by atoms with Crippen molar-refractivity contribution in [2.24, 2.45) is 11.1 Å². The fourth-order valence-electron chi connectivity index (χ4n) is 7.30. The number of nitrogens with two attached hydrogens (primary N) is 1. The highest BCUT2D eigenvalue weighted by atomic mass is 16.7. The number of ether oxygens (including phenoxy) is 8. The summed E-state index contributed by atoms with van der Waals surface area (Å²) in [7, 11) is 0. The molecule has 6 N–H and O–H groups in total. The highest BCUT2D eigenvalue weighted by Gasteiger charge is 2.53. The van der Waals surface area contributed by atoms with E-state index in [1.54, 1.807) is 38.1 Å². The second kappa shape index (κ2) is 26.7. The van der Waals surface area contributed by atoms with Gasteiger partial charge in [0.2, 0.25) is 18.3 Å². The Bertz CT molecular complexity index is 2200. The molecule has 4 rings (SSSR count). The number of carboxylic acid groups (broad SMARTS) is 1. The third-order valence-electron chi connectivity index (χ3n) is 10.6. The van der Waals surface area contributed by atoms with E-state index in [0.29, 0.717) is 17.7 Å². The zero-order valence-electron chi connectivity index (χ0n) is 39.6. The van der Waals surface area contributed by atoms with Crippen LogP contribution < -0.4 is 26.4 Å². The van der Waals surface area contributed by atoms with Gasteiger partial charge < -0.3 is 59.4 Å². The van der Waals surface area contributed by atoms with E-state index >= 15 is 0 Å². The average Bonchev–Trinajstić information content (AvgIpc) is 3.25. The molecule has 2 aliphatic rings. The van der Waals surface area contributed by atoms with Gasteiger partial charge in [-0.2, -0.15) is 0 Å². The molecule has 21 nitrogen and oxygen atoms in total. The topological polar surface area (TPSA) is 293 Å². The van der Waals surface area contributed by atoms with Crippen LogP contribution in [0.3, 0.4) is 0 Å². The number of esters is 4. The monoisotopic (exact) mass is 966 g/mol. The number of carbonyl (C=O) groups is 8. The van der Waals surface area contributed by atoms with Crippen molar-refractivity contribution in [1.82, 2.24) is 10.6 Å². The number of hydrogen-bond donors (Lipinski definition) is 5. The Morgan fingerprint density at radius 1 is 0.812 bits per heavy atom. The summed E-state index contributed by atoms with van der Waals surface area (Å²) in [6.07, 6.45) is -3.71. The number of aliphatic carboxylic acids is 1. The fraction of sp³-hybridized carbons (Fsp3) is 0.542. The highest BCUT2D eigenvalue weighted by molar-refractivity contribution is 5.97. The van der Waals surface area contributed by atoms with E-state index < -0.39 is 96.5 Å². The molecule has 0 bridgehead atoms. The molecule has 1 aliphatic carbocycles. The third-order valence-corrected chi connectivity index (χ3v) is 10.6. The number of amides is 3. The predicted octanol–water partition coefficient (Wildman–Crippen LogP) is 3.47. The molecule has 21 heteroatoms. The molecule has 7 atom stereocenters. The largest absolute Gasteiger partial charge is 0.481 e. The number of carbonyl (C=O) groups excluding carboxylic acids is 7. The molecule has 0 aromatic heterocycles. The van der Waals surface area contributed by atoms with Gasteiger partial charge in [-0.1, -0.05) is 30.5 Å². The van der Waals surface area contributed by atoms with Crippen LogP contribution in [-0.4, -0.2) is 122 Å². The molecule has 2 unspecified atom stereocenters. The quantitative estimate of drug-likeness (QED) is 0.0489. The molecular formula is C48H62N4O17. The first-order valence-corrected chi connectivity index (χ1v) is 22.5. The highest BCUT2D eigenvalue weighted by Crippen LogP contribution is 2.33. The zero-order valence-corrected chi connectivity index (χ0v) is 39.6. The van der Waals surface area contributed by atoms with Crippen LogP contribution in [0, 0.1) is 17.3 Å². The molecule has 2 aromatic carbocycles. The van der Waals surface area contributed by atoms with Crippen LogP contribution in [0.5, 0.6) is 5.75 Å². The van der Waals surface area contributed by atoms with Gasteiger partial charge >= 0.3 is 35.9 Å². The third kappa shape index (κ3) is 18.7. The van der Waals surface area contributed by atoms with E-state index in [1.807, 2.05) is 0 Å². The fourth-order valence-corrected chi connectivity index (χ4v) is 7.30. The summed E-state index contributed by atoms with van der Waals surface area (Å²) < 4.78 is 45.1. The SMILES string of the molecule is CC(=O)OC[C@H]1O[C@@H](Oc2ccc(COC(=O)Nc3ccc(CC(N)CC(C)(C)C(=O)O)cc3)cc2C(=O)NCCNC(=O)COC2C#CCCCCC2)[C@H](OC(C)=O)[C@@H](OC(C)=O)[C@@H]1OC(C)=O. The van der Waals surface area contributed by atoms with Crippen molar-refractivity contribution >= 4 is 53.4 Å². The number of nitrogens with one attached hydrogen (secondary N) is 3. The first kappa shape index (κ1) is 54.8. The van der Waals surface area contributed by atoms with E-state index in [4.69, 9.17) is 43.6 Å². The van der Waals surface area contributed by atoms with Gasteiger partial charge in [-0.3, -0.25) is 38.9 Å². The minimum atomic E-state index is -1.69. The summed E-state index contributed by atoms with van der Waals surface area (Å²) in [6, 6.07) is 10.5. The van der Waals surface area contributed by atoms with Crippen molar-refractivity contribution in [2.45, 2.75) is 136 Å². The van der Waals surface area contributed by atoms with Crippen LogP contribution in [0.25, 0.3) is 0 Å². The van der Waals surface area contributed by atoms with Gasteiger partial charge in [0, 0.05) is 58.9 Å². The molecule has 1 saturated heterocycles. The van der Waals surface area contributed by atoms with Gasteiger partial charge in [-0.15, -0.1) is 5.92 Å². The molecule has 69 heavy (non-hydrogen) atoms. The Balaban J connectivity index is 1.53. The second-order valence-electron chi connectivity index (χ2n) is 17.1. The summed E-state index contributed by atoms with van der Waals surface area (Å²) in [5.41, 5.74) is 6.60. The van der Waals surface area contributed by atoms with E-state index in [9.17, 15) is 43.5 Å². The molecular weight excluding hydrogens is 905 g/mol. The number of anilines is 1. The van der Waals surface area contributed by atoms with Gasteiger partial charge in [0.25, 0.3) is 5.91 Å². The van der Waals surface area contributed by atoms with E-state index in [0.717, 1.165) is 65.4 Å². The van der Waals surface area contributed by atoms with Crippen molar-refractivity contribution < 1.29 is 81.4 Å². The van der Waals surface area contributed by atoms with Crippen LogP contribution in [0.1, 0.15) is 102 Å². The summed E-state index contributed by atoms with van der Waals surface area (Å²) in [4.78, 5) is 99.9. The first-order valence-electron chi connectivity index (χ1n) is 22.5. The lowest BCUT2D eigenvalue weighted by molar-refractivity contribution is -0.288. The number of hydrogen-bond acceptors (Lipinski definition) is 17. The van der Waals surface area contributed by atoms with Crippen LogP contribution in [0.4, 0.5) is 10.5 Å². The van der Waals surface area contributed by atoms with E-state index in [1.165, 1.54) is 18.2 Å². The molecule has 1 fully saturated rings. The zero-order chi connectivity index (χ0) is 50.7.